The molecule has 0 unspecified atom stereocenters. The summed E-state index contributed by atoms with van der Waals surface area (Å²) in [6, 6.07) is 7.99. The maximum Gasteiger partial charge on any atom is 0.268 e. The van der Waals surface area contributed by atoms with Gasteiger partial charge in [-0.05, 0) is 36.8 Å². The van der Waals surface area contributed by atoms with E-state index in [1.807, 2.05) is 45.0 Å². The second kappa shape index (κ2) is 6.54. The molecule has 5 heteroatoms. The molecule has 0 saturated heterocycles. The number of nitrogens with one attached hydrogen (secondary N) is 2. The molecule has 1 aromatic heterocycles. The van der Waals surface area contributed by atoms with Crippen LogP contribution in [-0.4, -0.2) is 23.3 Å². The van der Waals surface area contributed by atoms with E-state index in [1.54, 1.807) is 7.11 Å². The van der Waals surface area contributed by atoms with Crippen LogP contribution in [0.3, 0.4) is 0 Å². The number of aromatic amines is 1. The highest BCUT2D eigenvalue weighted by Crippen LogP contribution is 2.24. The van der Waals surface area contributed by atoms with Crippen LogP contribution in [0.4, 0.5) is 0 Å². The summed E-state index contributed by atoms with van der Waals surface area (Å²) < 4.78 is 5.26. The lowest BCUT2D eigenvalue weighted by atomic mass is 10.1. The van der Waals surface area contributed by atoms with Gasteiger partial charge in [-0.1, -0.05) is 13.8 Å². The summed E-state index contributed by atoms with van der Waals surface area (Å²) in [5.41, 5.74) is 3.26. The van der Waals surface area contributed by atoms with Gasteiger partial charge in [-0.2, -0.15) is 5.10 Å². The van der Waals surface area contributed by atoms with E-state index < -0.39 is 0 Å². The highest BCUT2D eigenvalue weighted by atomic mass is 16.5. The Morgan fingerprint density at radius 3 is 2.71 bits per heavy atom. The standard InChI is InChI=1S/C16H21N3O2/c1-10(2)17-9-13-8-14(18-19-16(13)20)12-5-6-15(21-4)11(3)7-12/h5-8,10,17H,9H2,1-4H3,(H,19,20). The number of methoxy groups -OCH3 is 1. The smallest absolute Gasteiger partial charge is 0.268 e. The maximum atomic E-state index is 11.8. The fourth-order valence-corrected chi connectivity index (χ4v) is 2.08. The number of H-pyrrole nitrogens is 1. The molecule has 0 spiro atoms. The van der Waals surface area contributed by atoms with E-state index >= 15 is 0 Å². The maximum absolute atomic E-state index is 11.8. The lowest BCUT2D eigenvalue weighted by molar-refractivity contribution is 0.412. The van der Waals surface area contributed by atoms with E-state index in [4.69, 9.17) is 4.74 Å². The van der Waals surface area contributed by atoms with Crippen LogP contribution >= 0.6 is 0 Å². The number of nitrogens with zero attached hydrogens (tertiary/aromatic N) is 1. The van der Waals surface area contributed by atoms with E-state index in [1.165, 1.54) is 0 Å². The Bertz CT molecular complexity index is 677. The first-order valence-electron chi connectivity index (χ1n) is 6.98. The van der Waals surface area contributed by atoms with Crippen molar-refractivity contribution in [2.75, 3.05) is 7.11 Å². The number of rotatable bonds is 5. The monoisotopic (exact) mass is 287 g/mol. The van der Waals surface area contributed by atoms with Gasteiger partial charge in [0, 0.05) is 23.7 Å². The van der Waals surface area contributed by atoms with Crippen LogP contribution in [0.1, 0.15) is 25.0 Å². The third kappa shape index (κ3) is 3.70. The molecular weight excluding hydrogens is 266 g/mol. The number of aryl methyl sites for hydroxylation is 1. The average Bonchev–Trinajstić information content (AvgIpc) is 2.46. The molecule has 0 radical (unpaired) electrons. The highest BCUT2D eigenvalue weighted by Gasteiger charge is 2.08. The lowest BCUT2D eigenvalue weighted by Crippen LogP contribution is -2.26. The zero-order valence-corrected chi connectivity index (χ0v) is 12.9. The Morgan fingerprint density at radius 2 is 2.10 bits per heavy atom. The van der Waals surface area contributed by atoms with Crippen molar-refractivity contribution >= 4 is 0 Å². The van der Waals surface area contributed by atoms with Crippen LogP contribution in [0, 0.1) is 6.92 Å². The van der Waals surface area contributed by atoms with Gasteiger partial charge in [0.2, 0.25) is 0 Å². The molecule has 2 aromatic rings. The van der Waals surface area contributed by atoms with Crippen LogP contribution in [0.2, 0.25) is 0 Å². The normalized spacial score (nSPS) is 10.9. The Balaban J connectivity index is 2.34. The van der Waals surface area contributed by atoms with E-state index in [9.17, 15) is 4.79 Å². The van der Waals surface area contributed by atoms with Crippen molar-refractivity contribution in [1.29, 1.82) is 0 Å². The number of benzene rings is 1. The summed E-state index contributed by atoms with van der Waals surface area (Å²) in [6.07, 6.45) is 0. The number of aromatic nitrogens is 2. The van der Waals surface area contributed by atoms with Gasteiger partial charge in [-0.3, -0.25) is 4.79 Å². The molecule has 0 aliphatic rings. The Labute approximate surface area is 124 Å². The van der Waals surface area contributed by atoms with Crippen molar-refractivity contribution in [3.63, 3.8) is 0 Å². The molecular formula is C16H21N3O2. The van der Waals surface area contributed by atoms with Gasteiger partial charge in [0.15, 0.2) is 0 Å². The molecule has 1 heterocycles. The zero-order chi connectivity index (χ0) is 15.4. The second-order valence-corrected chi connectivity index (χ2v) is 5.33. The van der Waals surface area contributed by atoms with Crippen molar-refractivity contribution in [3.05, 3.63) is 45.7 Å². The van der Waals surface area contributed by atoms with Crippen LogP contribution in [0.25, 0.3) is 11.3 Å². The third-order valence-electron chi connectivity index (χ3n) is 3.27. The van der Waals surface area contributed by atoms with Crippen LogP contribution in [-0.2, 0) is 6.54 Å². The van der Waals surface area contributed by atoms with Gasteiger partial charge in [0.1, 0.15) is 5.75 Å². The van der Waals surface area contributed by atoms with Gasteiger partial charge in [0.25, 0.3) is 5.56 Å². The van der Waals surface area contributed by atoms with Gasteiger partial charge in [0.05, 0.1) is 12.8 Å². The molecule has 2 rings (SSSR count). The minimum absolute atomic E-state index is 0.155. The van der Waals surface area contributed by atoms with E-state index in [0.29, 0.717) is 18.2 Å². The van der Waals surface area contributed by atoms with Gasteiger partial charge in [-0.25, -0.2) is 5.10 Å². The molecule has 0 aliphatic carbocycles. The molecule has 5 nitrogen and oxygen atoms in total. The number of ether oxygens (including phenoxy) is 1. The average molecular weight is 287 g/mol. The molecule has 0 aliphatic heterocycles. The first-order chi connectivity index (χ1) is 10.0. The molecule has 0 bridgehead atoms. The summed E-state index contributed by atoms with van der Waals surface area (Å²) in [5.74, 6) is 0.838. The van der Waals surface area contributed by atoms with Crippen LogP contribution in [0.15, 0.2) is 29.1 Å². The van der Waals surface area contributed by atoms with E-state index in [-0.39, 0.29) is 5.56 Å². The Hall–Kier alpha value is -2.14. The third-order valence-corrected chi connectivity index (χ3v) is 3.27. The predicted molar refractivity (Wildman–Crippen MR) is 83.6 cm³/mol. The minimum Gasteiger partial charge on any atom is -0.496 e. The number of hydrogen-bond acceptors (Lipinski definition) is 4. The predicted octanol–water partition coefficient (Wildman–Crippen LogP) is 2.25. The summed E-state index contributed by atoms with van der Waals surface area (Å²) in [7, 11) is 1.65. The minimum atomic E-state index is -0.155. The van der Waals surface area contributed by atoms with Crippen molar-refractivity contribution in [3.8, 4) is 17.0 Å². The fraction of sp³-hybridized carbons (Fsp3) is 0.375. The van der Waals surface area contributed by atoms with E-state index in [2.05, 4.69) is 15.5 Å². The topological polar surface area (TPSA) is 67.0 Å². The molecule has 0 amide bonds. The first kappa shape index (κ1) is 15.3. The van der Waals surface area contributed by atoms with Crippen molar-refractivity contribution in [1.82, 2.24) is 15.5 Å². The van der Waals surface area contributed by atoms with Gasteiger partial charge < -0.3 is 10.1 Å². The molecule has 21 heavy (non-hydrogen) atoms. The largest absolute Gasteiger partial charge is 0.496 e. The molecule has 0 atom stereocenters. The molecule has 112 valence electrons. The SMILES string of the molecule is COc1ccc(-c2cc(CNC(C)C)c(=O)[nH]n2)cc1C. The second-order valence-electron chi connectivity index (χ2n) is 5.33. The molecule has 2 N–H and O–H groups in total. The van der Waals surface area contributed by atoms with Gasteiger partial charge in [-0.15, -0.1) is 0 Å². The molecule has 0 fully saturated rings. The Morgan fingerprint density at radius 1 is 1.33 bits per heavy atom. The van der Waals surface area contributed by atoms with Crippen molar-refractivity contribution < 1.29 is 4.74 Å². The zero-order valence-electron chi connectivity index (χ0n) is 12.9. The fourth-order valence-electron chi connectivity index (χ4n) is 2.08. The van der Waals surface area contributed by atoms with Crippen molar-refractivity contribution in [2.45, 2.75) is 33.4 Å². The lowest BCUT2D eigenvalue weighted by Gasteiger charge is -2.09. The number of hydrogen-bond donors (Lipinski definition) is 2. The Kier molecular flexibility index (Phi) is 4.75. The summed E-state index contributed by atoms with van der Waals surface area (Å²) in [4.78, 5) is 11.8. The summed E-state index contributed by atoms with van der Waals surface area (Å²) >= 11 is 0. The van der Waals surface area contributed by atoms with Crippen LogP contribution in [0.5, 0.6) is 5.75 Å². The highest BCUT2D eigenvalue weighted by molar-refractivity contribution is 5.62. The first-order valence-corrected chi connectivity index (χ1v) is 6.98. The van der Waals surface area contributed by atoms with Crippen LogP contribution < -0.4 is 15.6 Å². The summed E-state index contributed by atoms with van der Waals surface area (Å²) in [5, 5.41) is 9.93. The van der Waals surface area contributed by atoms with E-state index in [0.717, 1.165) is 22.6 Å². The summed E-state index contributed by atoms with van der Waals surface area (Å²) in [6.45, 7) is 6.60. The molecule has 0 saturated carbocycles. The quantitative estimate of drug-likeness (QED) is 0.885. The van der Waals surface area contributed by atoms with Crippen molar-refractivity contribution in [2.24, 2.45) is 0 Å². The van der Waals surface area contributed by atoms with Gasteiger partial charge >= 0.3 is 0 Å². The molecule has 1 aromatic carbocycles.